The number of rotatable bonds is 6. The summed E-state index contributed by atoms with van der Waals surface area (Å²) in [5.41, 5.74) is 1.17. The molecule has 1 aromatic rings. The molecule has 0 aromatic carbocycles. The lowest BCUT2D eigenvalue weighted by molar-refractivity contribution is 0.792. The van der Waals surface area contributed by atoms with E-state index in [2.05, 4.69) is 34.5 Å². The molecule has 1 rings (SSSR count). The quantitative estimate of drug-likeness (QED) is 0.336. The average Bonchev–Trinajstić information content (AvgIpc) is 2.38. The van der Waals surface area contributed by atoms with Crippen LogP contribution in [0.25, 0.3) is 0 Å². The van der Waals surface area contributed by atoms with Crippen LogP contribution < -0.4 is 10.6 Å². The van der Waals surface area contributed by atoms with Crippen molar-refractivity contribution in [2.45, 2.75) is 26.7 Å². The van der Waals surface area contributed by atoms with Crippen molar-refractivity contribution in [2.24, 2.45) is 4.99 Å². The van der Waals surface area contributed by atoms with E-state index in [1.165, 1.54) is 5.56 Å². The van der Waals surface area contributed by atoms with E-state index in [1.54, 1.807) is 6.20 Å². The second-order valence-corrected chi connectivity index (χ2v) is 4.31. The second kappa shape index (κ2) is 11.3. The monoisotopic (exact) mass is 396 g/mol. The van der Waals surface area contributed by atoms with Crippen molar-refractivity contribution in [3.05, 3.63) is 29.0 Å². The van der Waals surface area contributed by atoms with Crippen LogP contribution in [-0.2, 0) is 6.42 Å². The van der Waals surface area contributed by atoms with Crippen molar-refractivity contribution in [1.29, 1.82) is 0 Å². The molecule has 0 fully saturated rings. The summed E-state index contributed by atoms with van der Waals surface area (Å²) in [6.45, 7) is 6.73. The van der Waals surface area contributed by atoms with Crippen LogP contribution >= 0.6 is 35.6 Å². The Morgan fingerprint density at radius 3 is 2.68 bits per heavy atom. The maximum absolute atomic E-state index is 5.74. The molecular weight excluding hydrogens is 375 g/mol. The van der Waals surface area contributed by atoms with Crippen LogP contribution in [0.4, 0.5) is 0 Å². The fourth-order valence-corrected chi connectivity index (χ4v) is 1.56. The van der Waals surface area contributed by atoms with Crippen molar-refractivity contribution in [3.63, 3.8) is 0 Å². The zero-order valence-electron chi connectivity index (χ0n) is 11.4. The lowest BCUT2D eigenvalue weighted by Crippen LogP contribution is -2.38. The normalized spacial score (nSPS) is 10.8. The highest BCUT2D eigenvalue weighted by atomic mass is 127. The number of nitrogens with zero attached hydrogens (tertiary/aromatic N) is 2. The Kier molecular flexibility index (Phi) is 10.9. The minimum atomic E-state index is 0. The number of hydrogen-bond acceptors (Lipinski definition) is 2. The zero-order chi connectivity index (χ0) is 13.2. The Bertz CT molecular complexity index is 367. The van der Waals surface area contributed by atoms with Gasteiger partial charge >= 0.3 is 0 Å². The first-order valence-corrected chi connectivity index (χ1v) is 6.76. The Labute approximate surface area is 137 Å². The molecule has 0 aliphatic heterocycles. The van der Waals surface area contributed by atoms with E-state index in [4.69, 9.17) is 11.6 Å². The third-order valence-corrected chi connectivity index (χ3v) is 2.56. The summed E-state index contributed by atoms with van der Waals surface area (Å²) in [5.74, 6) is 0.876. The molecule has 2 N–H and O–H groups in total. The Hall–Kier alpha value is -0.560. The topological polar surface area (TPSA) is 49.3 Å². The van der Waals surface area contributed by atoms with Gasteiger partial charge in [-0.1, -0.05) is 24.6 Å². The first-order valence-electron chi connectivity index (χ1n) is 6.38. The van der Waals surface area contributed by atoms with E-state index in [9.17, 15) is 0 Å². The third kappa shape index (κ3) is 8.26. The van der Waals surface area contributed by atoms with Gasteiger partial charge in [0, 0.05) is 25.8 Å². The number of guanidine groups is 1. The molecule has 1 aromatic heterocycles. The van der Waals surface area contributed by atoms with E-state index < -0.39 is 0 Å². The van der Waals surface area contributed by atoms with Gasteiger partial charge in [0.25, 0.3) is 0 Å². The van der Waals surface area contributed by atoms with Crippen LogP contribution in [0.15, 0.2) is 23.3 Å². The number of pyridine rings is 1. The van der Waals surface area contributed by atoms with Gasteiger partial charge in [0.15, 0.2) is 5.96 Å². The molecule has 0 spiro atoms. The number of halogens is 2. The predicted octanol–water partition coefficient (Wildman–Crippen LogP) is 2.86. The van der Waals surface area contributed by atoms with Crippen molar-refractivity contribution in [3.8, 4) is 0 Å². The molecule has 0 saturated heterocycles. The zero-order valence-corrected chi connectivity index (χ0v) is 14.5. The van der Waals surface area contributed by atoms with E-state index >= 15 is 0 Å². The van der Waals surface area contributed by atoms with E-state index in [0.717, 1.165) is 38.4 Å². The van der Waals surface area contributed by atoms with Gasteiger partial charge in [-0.3, -0.25) is 4.99 Å². The maximum Gasteiger partial charge on any atom is 0.191 e. The number of aliphatic imine (C=N–C) groups is 1. The summed E-state index contributed by atoms with van der Waals surface area (Å²) in [5, 5.41) is 7.04. The van der Waals surface area contributed by atoms with Gasteiger partial charge in [-0.05, 0) is 31.4 Å². The van der Waals surface area contributed by atoms with Gasteiger partial charge in [-0.25, -0.2) is 4.98 Å². The largest absolute Gasteiger partial charge is 0.357 e. The molecule has 0 unspecified atom stereocenters. The fourth-order valence-electron chi connectivity index (χ4n) is 1.44. The standard InChI is InChI=1S/C13H21ClN4.HI/c1-3-8-16-13(15-4-2)17-9-7-11-5-6-12(14)18-10-11;/h5-6,10H,3-4,7-9H2,1-2H3,(H2,15,16,17);1H. The summed E-state index contributed by atoms with van der Waals surface area (Å²) in [4.78, 5) is 8.49. The van der Waals surface area contributed by atoms with Gasteiger partial charge in [0.2, 0.25) is 0 Å². The molecule has 0 saturated carbocycles. The predicted molar refractivity (Wildman–Crippen MR) is 92.6 cm³/mol. The van der Waals surface area contributed by atoms with Crippen LogP contribution in [0.3, 0.4) is 0 Å². The minimum absolute atomic E-state index is 0. The summed E-state index contributed by atoms with van der Waals surface area (Å²) in [6.07, 6.45) is 3.76. The van der Waals surface area contributed by atoms with Crippen LogP contribution in [0, 0.1) is 0 Å². The Balaban J connectivity index is 0.00000324. The van der Waals surface area contributed by atoms with Crippen LogP contribution in [-0.4, -0.2) is 30.6 Å². The maximum atomic E-state index is 5.74. The molecule has 19 heavy (non-hydrogen) atoms. The first kappa shape index (κ1) is 18.4. The second-order valence-electron chi connectivity index (χ2n) is 3.93. The van der Waals surface area contributed by atoms with Crippen LogP contribution in [0.5, 0.6) is 0 Å². The molecule has 6 heteroatoms. The SMILES string of the molecule is CCCN=C(NCC)NCCc1ccc(Cl)nc1.I. The molecule has 0 bridgehead atoms. The molecule has 1 heterocycles. The van der Waals surface area contributed by atoms with Crippen molar-refractivity contribution in [2.75, 3.05) is 19.6 Å². The van der Waals surface area contributed by atoms with Gasteiger partial charge in [-0.15, -0.1) is 24.0 Å². The highest BCUT2D eigenvalue weighted by molar-refractivity contribution is 14.0. The van der Waals surface area contributed by atoms with E-state index in [0.29, 0.717) is 5.15 Å². The highest BCUT2D eigenvalue weighted by Gasteiger charge is 1.97. The summed E-state index contributed by atoms with van der Waals surface area (Å²) in [7, 11) is 0. The lowest BCUT2D eigenvalue weighted by atomic mass is 10.2. The van der Waals surface area contributed by atoms with E-state index in [1.807, 2.05) is 12.1 Å². The molecule has 108 valence electrons. The van der Waals surface area contributed by atoms with Crippen LogP contribution in [0.1, 0.15) is 25.8 Å². The van der Waals surface area contributed by atoms with Gasteiger partial charge < -0.3 is 10.6 Å². The van der Waals surface area contributed by atoms with Gasteiger partial charge in [0.05, 0.1) is 0 Å². The van der Waals surface area contributed by atoms with Crippen molar-refractivity contribution >= 4 is 41.5 Å². The number of nitrogens with one attached hydrogen (secondary N) is 2. The molecule has 4 nitrogen and oxygen atoms in total. The third-order valence-electron chi connectivity index (χ3n) is 2.33. The summed E-state index contributed by atoms with van der Waals surface area (Å²) >= 11 is 5.74. The van der Waals surface area contributed by atoms with Crippen molar-refractivity contribution < 1.29 is 0 Å². The number of hydrogen-bond donors (Lipinski definition) is 2. The molecule has 0 amide bonds. The fraction of sp³-hybridized carbons (Fsp3) is 0.538. The molecule has 0 aliphatic carbocycles. The molecule has 0 radical (unpaired) electrons. The minimum Gasteiger partial charge on any atom is -0.357 e. The molecule has 0 atom stereocenters. The van der Waals surface area contributed by atoms with Crippen molar-refractivity contribution in [1.82, 2.24) is 15.6 Å². The number of aromatic nitrogens is 1. The average molecular weight is 397 g/mol. The van der Waals surface area contributed by atoms with Crippen LogP contribution in [0.2, 0.25) is 5.15 Å². The van der Waals surface area contributed by atoms with E-state index in [-0.39, 0.29) is 24.0 Å². The van der Waals surface area contributed by atoms with Gasteiger partial charge in [0.1, 0.15) is 5.15 Å². The summed E-state index contributed by atoms with van der Waals surface area (Å²) < 4.78 is 0. The Morgan fingerprint density at radius 2 is 2.11 bits per heavy atom. The highest BCUT2D eigenvalue weighted by Crippen LogP contribution is 2.05. The van der Waals surface area contributed by atoms with Gasteiger partial charge in [-0.2, -0.15) is 0 Å². The lowest BCUT2D eigenvalue weighted by Gasteiger charge is -2.10. The molecular formula is C13H22ClIN4. The Morgan fingerprint density at radius 1 is 1.32 bits per heavy atom. The summed E-state index contributed by atoms with van der Waals surface area (Å²) in [6, 6.07) is 3.81. The smallest absolute Gasteiger partial charge is 0.191 e. The first-order chi connectivity index (χ1) is 8.76. The molecule has 0 aliphatic rings.